The molecule has 66 valence electrons. The second kappa shape index (κ2) is 5.26. The molecule has 0 fully saturated rings. The van der Waals surface area contributed by atoms with Crippen LogP contribution in [0, 0.1) is 0 Å². The first-order valence-electron chi connectivity index (χ1n) is 3.96. The zero-order valence-corrected chi connectivity index (χ0v) is 8.00. The summed E-state index contributed by atoms with van der Waals surface area (Å²) in [4.78, 5) is 9.16. The summed E-state index contributed by atoms with van der Waals surface area (Å²) in [6, 6.07) is 9.86. The molecule has 1 atom stereocenters. The molecule has 2 nitrogen and oxygen atoms in total. The molecule has 0 aliphatic carbocycles. The highest BCUT2D eigenvalue weighted by Crippen LogP contribution is 2.31. The average Bonchev–Trinajstić information content (AvgIpc) is 2.16. The topological polar surface area (TPSA) is 29.5 Å². The molecule has 3 heteroatoms. The molecule has 0 spiro atoms. The van der Waals surface area contributed by atoms with E-state index in [4.69, 9.17) is 9.42 Å². The number of hydrogen-bond donors (Lipinski definition) is 1. The molecule has 1 aromatic carbocycles. The van der Waals surface area contributed by atoms with Crippen LogP contribution in [0.4, 0.5) is 0 Å². The van der Waals surface area contributed by atoms with E-state index in [2.05, 4.69) is 0 Å². The molecule has 0 radical (unpaired) electrons. The van der Waals surface area contributed by atoms with Crippen molar-refractivity contribution in [3.63, 3.8) is 0 Å². The molecule has 12 heavy (non-hydrogen) atoms. The van der Waals surface area contributed by atoms with Crippen LogP contribution < -0.4 is 0 Å². The highest BCUT2D eigenvalue weighted by atomic mass is 31.2. The second-order valence-corrected chi connectivity index (χ2v) is 4.02. The maximum Gasteiger partial charge on any atom is 0.167 e. The summed E-state index contributed by atoms with van der Waals surface area (Å²) in [5.41, 5.74) is 1.10. The summed E-state index contributed by atoms with van der Waals surface area (Å²) in [7, 11) is -1.20. The molecule has 1 aromatic rings. The van der Waals surface area contributed by atoms with Crippen molar-refractivity contribution in [3.8, 4) is 0 Å². The molecule has 0 amide bonds. The first kappa shape index (κ1) is 9.66. The van der Waals surface area contributed by atoms with E-state index in [0.717, 1.165) is 5.56 Å². The van der Waals surface area contributed by atoms with E-state index >= 15 is 0 Å². The van der Waals surface area contributed by atoms with Crippen LogP contribution >= 0.6 is 8.38 Å². The van der Waals surface area contributed by atoms with E-state index in [0.29, 0.717) is 12.8 Å². The summed E-state index contributed by atoms with van der Waals surface area (Å²) in [5, 5.41) is 0. The first-order chi connectivity index (χ1) is 5.83. The Balaban J connectivity index is 2.33. The summed E-state index contributed by atoms with van der Waals surface area (Å²) in [5.74, 6) is 0. The third kappa shape index (κ3) is 3.31. The quantitative estimate of drug-likeness (QED) is 0.728. The largest absolute Gasteiger partial charge is 0.350 e. The first-order valence-corrected chi connectivity index (χ1v) is 5.36. The lowest BCUT2D eigenvalue weighted by Gasteiger charge is -2.07. The van der Waals surface area contributed by atoms with Crippen molar-refractivity contribution >= 4 is 8.38 Å². The van der Waals surface area contributed by atoms with Gasteiger partial charge >= 0.3 is 0 Å². The minimum Gasteiger partial charge on any atom is -0.350 e. The fraction of sp³-hybridized carbons (Fsp3) is 0.333. The molecule has 0 aromatic heterocycles. The molecular weight excluding hydrogens is 171 g/mol. The minimum atomic E-state index is -1.20. The van der Waals surface area contributed by atoms with Crippen molar-refractivity contribution < 1.29 is 9.42 Å². The molecule has 0 heterocycles. The number of rotatable bonds is 4. The van der Waals surface area contributed by atoms with Crippen LogP contribution in [0.1, 0.15) is 12.5 Å². The molecule has 0 saturated heterocycles. The van der Waals surface area contributed by atoms with Gasteiger partial charge in [-0.3, -0.25) is 0 Å². The Labute approximate surface area is 74.1 Å². The normalized spacial score (nSPS) is 12.8. The molecule has 1 rings (SSSR count). The van der Waals surface area contributed by atoms with Crippen LogP contribution in [0.5, 0.6) is 0 Å². The van der Waals surface area contributed by atoms with Crippen LogP contribution in [0.25, 0.3) is 0 Å². The molecule has 0 aliphatic rings. The fourth-order valence-electron chi connectivity index (χ4n) is 0.815. The Bertz CT molecular complexity index is 213. The molecule has 0 bridgehead atoms. The van der Waals surface area contributed by atoms with E-state index in [9.17, 15) is 0 Å². The number of hydrogen-bond acceptors (Lipinski definition) is 2. The predicted octanol–water partition coefficient (Wildman–Crippen LogP) is 2.53. The van der Waals surface area contributed by atoms with Gasteiger partial charge in [0.25, 0.3) is 0 Å². The Kier molecular flexibility index (Phi) is 4.23. The van der Waals surface area contributed by atoms with Crippen molar-refractivity contribution in [1.29, 1.82) is 0 Å². The van der Waals surface area contributed by atoms with Gasteiger partial charge in [0.05, 0.1) is 6.61 Å². The summed E-state index contributed by atoms with van der Waals surface area (Å²) >= 11 is 0. The van der Waals surface area contributed by atoms with Crippen molar-refractivity contribution in [2.75, 3.05) is 6.16 Å². The monoisotopic (exact) mass is 184 g/mol. The van der Waals surface area contributed by atoms with Crippen LogP contribution in [-0.4, -0.2) is 11.1 Å². The van der Waals surface area contributed by atoms with E-state index in [1.165, 1.54) is 0 Å². The maximum atomic E-state index is 9.16. The van der Waals surface area contributed by atoms with Gasteiger partial charge in [-0.1, -0.05) is 37.3 Å². The van der Waals surface area contributed by atoms with Gasteiger partial charge in [-0.2, -0.15) is 0 Å². The van der Waals surface area contributed by atoms with Crippen LogP contribution in [0.2, 0.25) is 0 Å². The highest BCUT2D eigenvalue weighted by molar-refractivity contribution is 7.46. The Morgan fingerprint density at radius 1 is 1.33 bits per heavy atom. The van der Waals surface area contributed by atoms with Crippen molar-refractivity contribution in [2.24, 2.45) is 0 Å². The van der Waals surface area contributed by atoms with Gasteiger partial charge in [0.1, 0.15) is 0 Å². The van der Waals surface area contributed by atoms with Crippen molar-refractivity contribution in [3.05, 3.63) is 35.9 Å². The Hall–Kier alpha value is -0.430. The molecule has 0 aliphatic heterocycles. The molecule has 1 unspecified atom stereocenters. The van der Waals surface area contributed by atoms with Crippen molar-refractivity contribution in [1.82, 2.24) is 0 Å². The van der Waals surface area contributed by atoms with Gasteiger partial charge < -0.3 is 9.42 Å². The van der Waals surface area contributed by atoms with E-state index in [-0.39, 0.29) is 0 Å². The lowest BCUT2D eigenvalue weighted by Crippen LogP contribution is -1.88. The predicted molar refractivity (Wildman–Crippen MR) is 50.9 cm³/mol. The fourth-order valence-corrected chi connectivity index (χ4v) is 1.30. The second-order valence-electron chi connectivity index (χ2n) is 2.43. The van der Waals surface area contributed by atoms with E-state index in [1.54, 1.807) is 0 Å². The zero-order chi connectivity index (χ0) is 8.81. The molecule has 0 saturated carbocycles. The SMILES string of the molecule is CCP(O)OCc1ccccc1. The smallest absolute Gasteiger partial charge is 0.167 e. The van der Waals surface area contributed by atoms with Gasteiger partial charge in [-0.25, -0.2) is 0 Å². The molecular formula is C9H13O2P. The standard InChI is InChI=1S/C9H13O2P/c1-2-12(10)11-8-9-6-4-3-5-7-9/h3-7,10H,2,8H2,1H3. The Morgan fingerprint density at radius 3 is 2.58 bits per heavy atom. The summed E-state index contributed by atoms with van der Waals surface area (Å²) < 4.78 is 5.20. The lowest BCUT2D eigenvalue weighted by molar-refractivity contribution is 0.300. The maximum absolute atomic E-state index is 9.16. The highest BCUT2D eigenvalue weighted by Gasteiger charge is 2.00. The van der Waals surface area contributed by atoms with E-state index in [1.807, 2.05) is 37.3 Å². The summed E-state index contributed by atoms with van der Waals surface area (Å²) in [6.07, 6.45) is 0.697. The Morgan fingerprint density at radius 2 is 2.00 bits per heavy atom. The molecule has 1 N–H and O–H groups in total. The van der Waals surface area contributed by atoms with Gasteiger partial charge in [0.15, 0.2) is 8.38 Å². The van der Waals surface area contributed by atoms with Gasteiger partial charge in [-0.15, -0.1) is 0 Å². The van der Waals surface area contributed by atoms with Gasteiger partial charge in [0.2, 0.25) is 0 Å². The third-order valence-electron chi connectivity index (χ3n) is 1.49. The van der Waals surface area contributed by atoms with Crippen molar-refractivity contribution in [2.45, 2.75) is 13.5 Å². The van der Waals surface area contributed by atoms with Crippen LogP contribution in [0.15, 0.2) is 30.3 Å². The summed E-state index contributed by atoms with van der Waals surface area (Å²) in [6.45, 7) is 2.42. The average molecular weight is 184 g/mol. The number of benzene rings is 1. The lowest BCUT2D eigenvalue weighted by atomic mass is 10.2. The van der Waals surface area contributed by atoms with Crippen LogP contribution in [0.3, 0.4) is 0 Å². The third-order valence-corrected chi connectivity index (χ3v) is 2.46. The van der Waals surface area contributed by atoms with Gasteiger partial charge in [-0.05, 0) is 5.56 Å². The minimum absolute atomic E-state index is 0.511. The van der Waals surface area contributed by atoms with E-state index < -0.39 is 8.38 Å². The van der Waals surface area contributed by atoms with Gasteiger partial charge in [0, 0.05) is 6.16 Å². The zero-order valence-electron chi connectivity index (χ0n) is 7.10. The van der Waals surface area contributed by atoms with Crippen LogP contribution in [-0.2, 0) is 11.1 Å².